The summed E-state index contributed by atoms with van der Waals surface area (Å²) in [5, 5.41) is 19.0. The van der Waals surface area contributed by atoms with Crippen molar-refractivity contribution in [2.45, 2.75) is 55.0 Å². The number of benzene rings is 1. The minimum absolute atomic E-state index is 0.0431. The highest BCUT2D eigenvalue weighted by atomic mass is 32.2. The zero-order chi connectivity index (χ0) is 28.2. The van der Waals surface area contributed by atoms with Gasteiger partial charge in [0, 0.05) is 51.3 Å². The Labute approximate surface area is 231 Å². The van der Waals surface area contributed by atoms with Crippen LogP contribution in [0, 0.1) is 17.6 Å². The average Bonchev–Trinajstić information content (AvgIpc) is 3.57. The first-order valence-corrected chi connectivity index (χ1v) is 15.4. The maximum absolute atomic E-state index is 13.9. The van der Waals surface area contributed by atoms with Gasteiger partial charge in [-0.2, -0.15) is 4.31 Å². The molecule has 3 N–H and O–H groups in total. The van der Waals surface area contributed by atoms with Crippen LogP contribution < -0.4 is 10.6 Å². The third-order valence-corrected chi connectivity index (χ3v) is 10.4. The molecule has 2 aliphatic rings. The van der Waals surface area contributed by atoms with Gasteiger partial charge < -0.3 is 20.6 Å². The summed E-state index contributed by atoms with van der Waals surface area (Å²) in [6.07, 6.45) is 0.381. The lowest BCUT2D eigenvalue weighted by molar-refractivity contribution is -0.129. The topological polar surface area (TPSA) is 119 Å². The van der Waals surface area contributed by atoms with Crippen molar-refractivity contribution in [1.29, 1.82) is 0 Å². The van der Waals surface area contributed by atoms with E-state index in [9.17, 15) is 31.9 Å². The molecule has 1 aromatic carbocycles. The fourth-order valence-corrected chi connectivity index (χ4v) is 7.68. The molecule has 39 heavy (non-hydrogen) atoms. The molecule has 214 valence electrons. The van der Waals surface area contributed by atoms with Gasteiger partial charge in [0.2, 0.25) is 11.8 Å². The number of aliphatic hydroxyl groups excluding tert-OH is 1. The van der Waals surface area contributed by atoms with Crippen LogP contribution in [0.5, 0.6) is 0 Å². The normalized spacial score (nSPS) is 22.2. The summed E-state index contributed by atoms with van der Waals surface area (Å²) >= 11 is 1.10. The molecular formula is C26H34F2N4O5S2. The van der Waals surface area contributed by atoms with E-state index >= 15 is 0 Å². The van der Waals surface area contributed by atoms with Crippen LogP contribution in [-0.4, -0.2) is 85.5 Å². The Bertz CT molecular complexity index is 1240. The molecule has 0 bridgehead atoms. The van der Waals surface area contributed by atoms with Gasteiger partial charge >= 0.3 is 0 Å². The van der Waals surface area contributed by atoms with Crippen LogP contribution in [0.15, 0.2) is 39.9 Å². The minimum Gasteiger partial charge on any atom is -0.389 e. The molecule has 0 spiro atoms. The SMILES string of the molecule is CCCCN1CC(C(=O)NC(Cc2cc(F)cc(F)c2)[C@H](O)[C@H]2CN(S(=O)(=O)c3cccs3)CCN2)CC1=O. The summed E-state index contributed by atoms with van der Waals surface area (Å²) in [6.45, 7) is 3.25. The van der Waals surface area contributed by atoms with E-state index in [1.165, 1.54) is 10.4 Å². The number of piperazine rings is 1. The Morgan fingerprint density at radius 3 is 2.67 bits per heavy atom. The Kier molecular flexibility index (Phi) is 9.70. The minimum atomic E-state index is -3.77. The highest BCUT2D eigenvalue weighted by Crippen LogP contribution is 2.24. The fraction of sp³-hybridized carbons (Fsp3) is 0.538. The molecule has 9 nitrogen and oxygen atoms in total. The van der Waals surface area contributed by atoms with E-state index in [1.807, 2.05) is 6.92 Å². The number of sulfonamides is 1. The summed E-state index contributed by atoms with van der Waals surface area (Å²) < 4.78 is 55.5. The summed E-state index contributed by atoms with van der Waals surface area (Å²) in [4.78, 5) is 27.3. The Morgan fingerprint density at radius 1 is 1.26 bits per heavy atom. The molecule has 2 aromatic rings. The highest BCUT2D eigenvalue weighted by molar-refractivity contribution is 7.91. The molecular weight excluding hydrogens is 550 g/mol. The van der Waals surface area contributed by atoms with Gasteiger partial charge in [-0.3, -0.25) is 9.59 Å². The predicted molar refractivity (Wildman–Crippen MR) is 142 cm³/mol. The second-order valence-corrected chi connectivity index (χ2v) is 13.2. The number of unbranched alkanes of at least 4 members (excludes halogenated alkanes) is 1. The van der Waals surface area contributed by atoms with Crippen LogP contribution in [0.2, 0.25) is 0 Å². The highest BCUT2D eigenvalue weighted by Gasteiger charge is 2.39. The third-order valence-electron chi connectivity index (χ3n) is 7.15. The molecule has 13 heteroatoms. The summed E-state index contributed by atoms with van der Waals surface area (Å²) in [6, 6.07) is 4.39. The number of carbonyl (C=O) groups excluding carboxylic acids is 2. The first-order valence-electron chi connectivity index (χ1n) is 13.1. The largest absolute Gasteiger partial charge is 0.389 e. The van der Waals surface area contributed by atoms with Gasteiger partial charge in [0.15, 0.2) is 0 Å². The van der Waals surface area contributed by atoms with E-state index < -0.39 is 51.7 Å². The molecule has 0 radical (unpaired) electrons. The number of aliphatic hydroxyl groups is 1. The third kappa shape index (κ3) is 7.20. The van der Waals surface area contributed by atoms with Crippen LogP contribution in [0.3, 0.4) is 0 Å². The van der Waals surface area contributed by atoms with Crippen molar-refractivity contribution in [3.05, 3.63) is 52.9 Å². The molecule has 2 unspecified atom stereocenters. The van der Waals surface area contributed by atoms with Crippen LogP contribution >= 0.6 is 11.3 Å². The molecule has 2 saturated heterocycles. The molecule has 4 atom stereocenters. The number of nitrogens with zero attached hydrogens (tertiary/aromatic N) is 2. The van der Waals surface area contributed by atoms with Gasteiger partial charge in [-0.25, -0.2) is 17.2 Å². The quantitative estimate of drug-likeness (QED) is 0.370. The second-order valence-electron chi connectivity index (χ2n) is 10.0. The van der Waals surface area contributed by atoms with E-state index in [-0.39, 0.29) is 54.7 Å². The number of carbonyl (C=O) groups is 2. The predicted octanol–water partition coefficient (Wildman–Crippen LogP) is 1.73. The Balaban J connectivity index is 1.52. The lowest BCUT2D eigenvalue weighted by Gasteiger charge is -2.38. The lowest BCUT2D eigenvalue weighted by Crippen LogP contribution is -2.62. The molecule has 4 rings (SSSR count). The number of hydrogen-bond donors (Lipinski definition) is 3. The number of hydrogen-bond acceptors (Lipinski definition) is 7. The Hall–Kier alpha value is -2.45. The number of nitrogens with one attached hydrogen (secondary N) is 2. The maximum atomic E-state index is 13.9. The molecule has 1 aromatic heterocycles. The van der Waals surface area contributed by atoms with Crippen molar-refractivity contribution in [2.24, 2.45) is 5.92 Å². The van der Waals surface area contributed by atoms with Gasteiger partial charge in [-0.05, 0) is 42.0 Å². The smallest absolute Gasteiger partial charge is 0.252 e. The first-order chi connectivity index (χ1) is 18.6. The number of halogens is 2. The van der Waals surface area contributed by atoms with Crippen molar-refractivity contribution in [3.63, 3.8) is 0 Å². The van der Waals surface area contributed by atoms with Gasteiger partial charge in [0.05, 0.1) is 18.1 Å². The average molecular weight is 585 g/mol. The molecule has 2 amide bonds. The van der Waals surface area contributed by atoms with E-state index in [1.54, 1.807) is 16.3 Å². The number of rotatable bonds is 11. The van der Waals surface area contributed by atoms with Crippen molar-refractivity contribution in [1.82, 2.24) is 19.8 Å². The van der Waals surface area contributed by atoms with E-state index in [0.29, 0.717) is 6.54 Å². The zero-order valence-corrected chi connectivity index (χ0v) is 23.3. The molecule has 0 saturated carbocycles. The van der Waals surface area contributed by atoms with Crippen LogP contribution in [0.4, 0.5) is 8.78 Å². The van der Waals surface area contributed by atoms with Crippen molar-refractivity contribution in [2.75, 3.05) is 32.7 Å². The monoisotopic (exact) mass is 584 g/mol. The second kappa shape index (κ2) is 12.8. The lowest BCUT2D eigenvalue weighted by atomic mass is 9.94. The zero-order valence-electron chi connectivity index (χ0n) is 21.7. The van der Waals surface area contributed by atoms with E-state index in [0.717, 1.165) is 42.4 Å². The van der Waals surface area contributed by atoms with Crippen LogP contribution in [-0.2, 0) is 26.0 Å². The van der Waals surface area contributed by atoms with Gasteiger partial charge in [-0.1, -0.05) is 19.4 Å². The summed E-state index contributed by atoms with van der Waals surface area (Å²) in [7, 11) is -3.77. The molecule has 2 fully saturated rings. The maximum Gasteiger partial charge on any atom is 0.252 e. The summed E-state index contributed by atoms with van der Waals surface area (Å²) in [5.41, 5.74) is 0.225. The standard InChI is InChI=1S/C26H34F2N4O5S2/c1-2-3-7-31-15-18(13-23(31)33)26(35)30-21(12-17-10-19(27)14-20(28)11-17)25(34)22-16-32(8-6-29-22)39(36,37)24-5-4-9-38-24/h4-5,9-11,14,18,21-22,25,29,34H,2-3,6-8,12-13,15-16H2,1H3,(H,30,35)/t18?,21?,22-,25+/m1/s1. The van der Waals surface area contributed by atoms with Gasteiger partial charge in [0.1, 0.15) is 15.8 Å². The first kappa shape index (κ1) is 29.5. The van der Waals surface area contributed by atoms with Gasteiger partial charge in [-0.15, -0.1) is 11.3 Å². The van der Waals surface area contributed by atoms with Crippen molar-refractivity contribution < 1.29 is 31.9 Å². The molecule has 0 aliphatic carbocycles. The fourth-order valence-electron chi connectivity index (χ4n) is 5.07. The number of amides is 2. The van der Waals surface area contributed by atoms with Crippen molar-refractivity contribution >= 4 is 33.2 Å². The van der Waals surface area contributed by atoms with Crippen molar-refractivity contribution in [3.8, 4) is 0 Å². The van der Waals surface area contributed by atoms with Crippen LogP contribution in [0.1, 0.15) is 31.7 Å². The van der Waals surface area contributed by atoms with Gasteiger partial charge in [0.25, 0.3) is 10.0 Å². The summed E-state index contributed by atoms with van der Waals surface area (Å²) in [5.74, 6) is -2.76. The molecule has 3 heterocycles. The number of likely N-dealkylation sites (tertiary alicyclic amines) is 1. The molecule has 2 aliphatic heterocycles. The van der Waals surface area contributed by atoms with E-state index in [2.05, 4.69) is 10.6 Å². The number of thiophene rings is 1. The Morgan fingerprint density at radius 2 is 2.00 bits per heavy atom. The van der Waals surface area contributed by atoms with Crippen LogP contribution in [0.25, 0.3) is 0 Å². The van der Waals surface area contributed by atoms with E-state index in [4.69, 9.17) is 0 Å².